The summed E-state index contributed by atoms with van der Waals surface area (Å²) in [6.45, 7) is 2.36. The minimum atomic E-state index is 0.346. The predicted octanol–water partition coefficient (Wildman–Crippen LogP) is 1.45. The largest absolute Gasteiger partial charge is 0.460 e. The lowest BCUT2D eigenvalue weighted by Crippen LogP contribution is -2.36. The molecule has 1 aliphatic carbocycles. The maximum absolute atomic E-state index is 5.97. The monoisotopic (exact) mass is 222 g/mol. The highest BCUT2D eigenvalue weighted by Crippen LogP contribution is 2.41. The third-order valence-corrected chi connectivity index (χ3v) is 4.03. The van der Waals surface area contributed by atoms with Crippen LogP contribution in [0.3, 0.4) is 0 Å². The fourth-order valence-electron chi connectivity index (χ4n) is 3.06. The average molecular weight is 222 g/mol. The summed E-state index contributed by atoms with van der Waals surface area (Å²) in [5, 5.41) is 0.410. The van der Waals surface area contributed by atoms with Crippen LogP contribution in [0.5, 0.6) is 0 Å². The van der Waals surface area contributed by atoms with E-state index in [-0.39, 0.29) is 0 Å². The second kappa shape index (κ2) is 4.30. The van der Waals surface area contributed by atoms with Crippen molar-refractivity contribution in [3.63, 3.8) is 0 Å². The van der Waals surface area contributed by atoms with Gasteiger partial charge in [-0.3, -0.25) is 0 Å². The minimum absolute atomic E-state index is 0.346. The molecular weight excluding hydrogens is 199 g/mol. The molecule has 3 atom stereocenters. The van der Waals surface area contributed by atoms with Gasteiger partial charge in [0.2, 0.25) is 0 Å². The zero-order chi connectivity index (χ0) is 11.8. The van der Waals surface area contributed by atoms with Crippen molar-refractivity contribution < 1.29 is 4.74 Å². The summed E-state index contributed by atoms with van der Waals surface area (Å²) in [5.74, 6) is 0. The van der Waals surface area contributed by atoms with Crippen molar-refractivity contribution in [2.75, 3.05) is 14.1 Å². The summed E-state index contributed by atoms with van der Waals surface area (Å²) in [6.07, 6.45) is 6.73. The minimum Gasteiger partial charge on any atom is -0.460 e. The molecule has 0 N–H and O–H groups in total. The van der Waals surface area contributed by atoms with Crippen LogP contribution in [-0.4, -0.2) is 45.0 Å². The number of ether oxygens (including phenoxy) is 1. The average Bonchev–Trinajstić information content (AvgIpc) is 2.47. The Morgan fingerprint density at radius 1 is 1.50 bits per heavy atom. The molecule has 0 amide bonds. The Morgan fingerprint density at radius 3 is 2.94 bits per heavy atom. The van der Waals surface area contributed by atoms with Crippen molar-refractivity contribution in [3.05, 3.63) is 0 Å². The molecule has 3 unspecified atom stereocenters. The van der Waals surface area contributed by atoms with Crippen LogP contribution in [0.15, 0.2) is 4.99 Å². The van der Waals surface area contributed by atoms with E-state index < -0.39 is 0 Å². The molecule has 0 radical (unpaired) electrons. The Hall–Kier alpha value is -0.665. The number of aliphatic imine (C=N–C) groups is 1. The van der Waals surface area contributed by atoms with Crippen LogP contribution in [0.25, 0.3) is 0 Å². The number of nitrogens with zero attached hydrogens (tertiary/aromatic N) is 2. The van der Waals surface area contributed by atoms with E-state index in [0.29, 0.717) is 17.5 Å². The van der Waals surface area contributed by atoms with Gasteiger partial charge in [0.1, 0.15) is 14.0 Å². The maximum atomic E-state index is 5.97. The van der Waals surface area contributed by atoms with E-state index >= 15 is 0 Å². The molecule has 3 nitrogen and oxygen atoms in total. The molecule has 1 saturated heterocycles. The number of hydrogen-bond acceptors (Lipinski definition) is 2. The first-order valence-corrected chi connectivity index (χ1v) is 6.40. The van der Waals surface area contributed by atoms with Gasteiger partial charge in [-0.2, -0.15) is 0 Å². The number of likely N-dealkylation sites (N-methyl/N-ethyl adjacent to an activating group) is 1. The van der Waals surface area contributed by atoms with E-state index in [2.05, 4.69) is 31.7 Å². The van der Waals surface area contributed by atoms with Crippen molar-refractivity contribution in [2.45, 2.75) is 56.5 Å². The number of rotatable bonds is 0. The standard InChI is InChI=1S/C12H23BN2O/c1-12(13)7-5-4-6-9-10(8-12)16-11(14-2)15(9)3/h9-10H,4-8,13H2,1-3H3/b14-11+. The summed E-state index contributed by atoms with van der Waals surface area (Å²) in [4.78, 5) is 6.45. The highest BCUT2D eigenvalue weighted by atomic mass is 16.5. The van der Waals surface area contributed by atoms with Crippen LogP contribution in [0.2, 0.25) is 5.31 Å². The van der Waals surface area contributed by atoms with Crippen LogP contribution >= 0.6 is 0 Å². The predicted molar refractivity (Wildman–Crippen MR) is 69.8 cm³/mol. The van der Waals surface area contributed by atoms with Crippen LogP contribution in [-0.2, 0) is 4.74 Å². The molecule has 1 aliphatic heterocycles. The molecule has 0 aromatic carbocycles. The summed E-state index contributed by atoms with van der Waals surface area (Å²) in [5.41, 5.74) is 0. The SMILES string of the molecule is BC1(C)CCCCC2C(C1)O/C(=N/C)N2C. The summed E-state index contributed by atoms with van der Waals surface area (Å²) < 4.78 is 5.97. The number of amidine groups is 1. The fourth-order valence-corrected chi connectivity index (χ4v) is 3.06. The molecule has 2 aliphatic rings. The normalized spacial score (nSPS) is 42.4. The fraction of sp³-hybridized carbons (Fsp3) is 0.917. The first kappa shape index (κ1) is 11.8. The van der Waals surface area contributed by atoms with E-state index in [1.54, 1.807) is 0 Å². The van der Waals surface area contributed by atoms with Crippen LogP contribution in [0, 0.1) is 0 Å². The van der Waals surface area contributed by atoms with E-state index in [0.717, 1.165) is 12.4 Å². The molecule has 0 aromatic heterocycles. The van der Waals surface area contributed by atoms with E-state index in [9.17, 15) is 0 Å². The Bertz CT molecular complexity index is 291. The maximum Gasteiger partial charge on any atom is 0.287 e. The van der Waals surface area contributed by atoms with Gasteiger partial charge in [0.25, 0.3) is 6.02 Å². The van der Waals surface area contributed by atoms with Crippen molar-refractivity contribution in [1.29, 1.82) is 0 Å². The van der Waals surface area contributed by atoms with Gasteiger partial charge in [-0.05, 0) is 12.8 Å². The quantitative estimate of drug-likeness (QED) is 0.579. The first-order valence-electron chi connectivity index (χ1n) is 6.40. The highest BCUT2D eigenvalue weighted by Gasteiger charge is 2.41. The highest BCUT2D eigenvalue weighted by molar-refractivity contribution is 6.14. The molecular formula is C12H23BN2O. The van der Waals surface area contributed by atoms with Crippen LogP contribution in [0.1, 0.15) is 39.0 Å². The molecule has 16 heavy (non-hydrogen) atoms. The van der Waals surface area contributed by atoms with Crippen molar-refractivity contribution in [1.82, 2.24) is 4.90 Å². The molecule has 0 spiro atoms. The topological polar surface area (TPSA) is 24.8 Å². The molecule has 2 fully saturated rings. The van der Waals surface area contributed by atoms with Gasteiger partial charge >= 0.3 is 0 Å². The zero-order valence-electron chi connectivity index (χ0n) is 11.0. The van der Waals surface area contributed by atoms with E-state index in [1.807, 2.05) is 7.05 Å². The summed E-state index contributed by atoms with van der Waals surface area (Å²) >= 11 is 0. The number of hydrogen-bond donors (Lipinski definition) is 0. The van der Waals surface area contributed by atoms with Gasteiger partial charge in [0.05, 0.1) is 6.04 Å². The Kier molecular flexibility index (Phi) is 3.18. The molecule has 2 rings (SSSR count). The van der Waals surface area contributed by atoms with Gasteiger partial charge in [0.15, 0.2) is 0 Å². The second-order valence-corrected chi connectivity index (χ2v) is 5.95. The van der Waals surface area contributed by atoms with E-state index in [4.69, 9.17) is 4.74 Å². The Morgan fingerprint density at radius 2 is 2.25 bits per heavy atom. The molecule has 1 heterocycles. The van der Waals surface area contributed by atoms with E-state index in [1.165, 1.54) is 25.7 Å². The molecule has 90 valence electrons. The van der Waals surface area contributed by atoms with Crippen molar-refractivity contribution in [3.8, 4) is 0 Å². The lowest BCUT2D eigenvalue weighted by molar-refractivity contribution is 0.144. The number of fused-ring (bicyclic) bond motifs is 1. The Labute approximate surface area is 99.7 Å². The first-order chi connectivity index (χ1) is 7.53. The lowest BCUT2D eigenvalue weighted by Gasteiger charge is -2.33. The third-order valence-electron chi connectivity index (χ3n) is 4.03. The van der Waals surface area contributed by atoms with Crippen molar-refractivity contribution >= 4 is 13.9 Å². The molecule has 0 bridgehead atoms. The molecule has 1 saturated carbocycles. The van der Waals surface area contributed by atoms with Gasteiger partial charge in [-0.1, -0.05) is 31.5 Å². The van der Waals surface area contributed by atoms with Gasteiger partial charge in [0, 0.05) is 14.1 Å². The van der Waals surface area contributed by atoms with Gasteiger partial charge in [-0.15, -0.1) is 0 Å². The van der Waals surface area contributed by atoms with Crippen molar-refractivity contribution in [2.24, 2.45) is 4.99 Å². The smallest absolute Gasteiger partial charge is 0.287 e. The van der Waals surface area contributed by atoms with Gasteiger partial charge < -0.3 is 9.64 Å². The molecule has 0 aromatic rings. The van der Waals surface area contributed by atoms with Crippen LogP contribution in [0.4, 0.5) is 0 Å². The Balaban J connectivity index is 2.15. The third kappa shape index (κ3) is 2.20. The molecule has 4 heteroatoms. The second-order valence-electron chi connectivity index (χ2n) is 5.95. The van der Waals surface area contributed by atoms with Gasteiger partial charge in [-0.25, -0.2) is 4.99 Å². The lowest BCUT2D eigenvalue weighted by atomic mass is 9.62. The summed E-state index contributed by atoms with van der Waals surface area (Å²) in [7, 11) is 6.29. The van der Waals surface area contributed by atoms with Crippen LogP contribution < -0.4 is 0 Å². The zero-order valence-corrected chi connectivity index (χ0v) is 11.0. The summed E-state index contributed by atoms with van der Waals surface area (Å²) in [6, 6.07) is 1.37.